The van der Waals surface area contributed by atoms with Gasteiger partial charge in [-0.15, -0.1) is 0 Å². The van der Waals surface area contributed by atoms with E-state index in [9.17, 15) is 4.79 Å². The summed E-state index contributed by atoms with van der Waals surface area (Å²) in [6.45, 7) is 0. The Morgan fingerprint density at radius 1 is 1.44 bits per heavy atom. The fourth-order valence-electron chi connectivity index (χ4n) is 2.26. The van der Waals surface area contributed by atoms with Crippen LogP contribution in [0.1, 0.15) is 28.9 Å². The molecule has 2 aromatic rings. The van der Waals surface area contributed by atoms with Crippen LogP contribution in [-0.4, -0.2) is 20.5 Å². The van der Waals surface area contributed by atoms with Gasteiger partial charge in [-0.3, -0.25) is 9.48 Å². The first kappa shape index (κ1) is 9.33. The fourth-order valence-corrected chi connectivity index (χ4v) is 2.26. The van der Waals surface area contributed by atoms with Crippen LogP contribution in [0.3, 0.4) is 0 Å². The van der Waals surface area contributed by atoms with Crippen LogP contribution in [0, 0.1) is 0 Å². The van der Waals surface area contributed by atoms with Gasteiger partial charge in [0.05, 0.1) is 28.5 Å². The number of nitrogens with two attached hydrogens (primary N) is 1. The van der Waals surface area contributed by atoms with Gasteiger partial charge in [0.2, 0.25) is 0 Å². The first-order chi connectivity index (χ1) is 7.68. The van der Waals surface area contributed by atoms with Crippen molar-refractivity contribution in [3.8, 4) is 0 Å². The van der Waals surface area contributed by atoms with Crippen LogP contribution in [-0.2, 0) is 13.5 Å². The molecule has 2 heterocycles. The Balaban J connectivity index is 2.42. The number of hydrogen-bond donors (Lipinski definition) is 1. The zero-order valence-corrected chi connectivity index (χ0v) is 9.03. The summed E-state index contributed by atoms with van der Waals surface area (Å²) in [6, 6.07) is 0. The molecule has 5 heteroatoms. The zero-order chi connectivity index (χ0) is 11.3. The Hall–Kier alpha value is -1.91. The van der Waals surface area contributed by atoms with Gasteiger partial charge in [0, 0.05) is 13.5 Å². The molecule has 5 nitrogen and oxygen atoms in total. The highest BCUT2D eigenvalue weighted by molar-refractivity contribution is 6.08. The second-order valence-corrected chi connectivity index (χ2v) is 4.13. The third-order valence-electron chi connectivity index (χ3n) is 3.09. The largest absolute Gasteiger partial charge is 0.397 e. The summed E-state index contributed by atoms with van der Waals surface area (Å²) in [6.07, 6.45) is 3.93. The van der Waals surface area contributed by atoms with Gasteiger partial charge in [-0.2, -0.15) is 5.10 Å². The van der Waals surface area contributed by atoms with Crippen molar-refractivity contribution in [2.45, 2.75) is 19.3 Å². The molecule has 82 valence electrons. The lowest BCUT2D eigenvalue weighted by Crippen LogP contribution is -2.16. The monoisotopic (exact) mass is 216 g/mol. The summed E-state index contributed by atoms with van der Waals surface area (Å²) in [4.78, 5) is 16.3. The number of aryl methyl sites for hydroxylation is 2. The minimum absolute atomic E-state index is 0.108. The minimum Gasteiger partial charge on any atom is -0.397 e. The number of Topliss-reactive ketones (excluding diaryl/α,β-unsaturated/α-hetero) is 1. The summed E-state index contributed by atoms with van der Waals surface area (Å²) >= 11 is 0. The van der Waals surface area contributed by atoms with Crippen LogP contribution in [0.25, 0.3) is 11.0 Å². The predicted octanol–water partition coefficient (Wildman–Crippen LogP) is 1.07. The van der Waals surface area contributed by atoms with Crippen LogP contribution in [0.2, 0.25) is 0 Å². The number of aromatic nitrogens is 3. The van der Waals surface area contributed by atoms with Gasteiger partial charge >= 0.3 is 0 Å². The molecule has 0 amide bonds. The lowest BCUT2D eigenvalue weighted by atomic mass is 9.93. The normalized spacial score (nSPS) is 15.4. The van der Waals surface area contributed by atoms with Crippen molar-refractivity contribution in [1.82, 2.24) is 14.8 Å². The van der Waals surface area contributed by atoms with Crippen molar-refractivity contribution in [2.24, 2.45) is 7.05 Å². The number of fused-ring (bicyclic) bond motifs is 2. The summed E-state index contributed by atoms with van der Waals surface area (Å²) in [5.41, 5.74) is 8.77. The van der Waals surface area contributed by atoms with Gasteiger partial charge in [0.15, 0.2) is 11.4 Å². The van der Waals surface area contributed by atoms with E-state index in [1.54, 1.807) is 10.9 Å². The number of nitrogen functional groups attached to an aromatic ring is 1. The molecule has 0 unspecified atom stereocenters. The van der Waals surface area contributed by atoms with E-state index in [4.69, 9.17) is 5.73 Å². The van der Waals surface area contributed by atoms with Gasteiger partial charge in [0.1, 0.15) is 0 Å². The number of carbonyl (C=O) groups is 1. The first-order valence-electron chi connectivity index (χ1n) is 5.31. The predicted molar refractivity (Wildman–Crippen MR) is 60.2 cm³/mol. The standard InChI is InChI=1S/C11H12N4O/c1-15-11-6(5-13-15)10(12)9-7(14-11)3-2-4-8(9)16/h5H,2-4H2,1H3,(H2,12,14). The molecular formula is C11H12N4O. The number of ketones is 1. The summed E-state index contributed by atoms with van der Waals surface area (Å²) < 4.78 is 1.69. The molecule has 0 radical (unpaired) electrons. The average molecular weight is 216 g/mol. The van der Waals surface area contributed by atoms with Gasteiger partial charge < -0.3 is 5.73 Å². The number of nitrogens with zero attached hydrogens (tertiary/aromatic N) is 3. The van der Waals surface area contributed by atoms with Crippen molar-refractivity contribution >= 4 is 22.5 Å². The molecule has 1 aliphatic carbocycles. The summed E-state index contributed by atoms with van der Waals surface area (Å²) in [7, 11) is 1.83. The summed E-state index contributed by atoms with van der Waals surface area (Å²) in [5.74, 6) is 0.108. The molecule has 0 aliphatic heterocycles. The molecule has 3 rings (SSSR count). The molecule has 16 heavy (non-hydrogen) atoms. The Morgan fingerprint density at radius 2 is 2.25 bits per heavy atom. The number of rotatable bonds is 0. The lowest BCUT2D eigenvalue weighted by Gasteiger charge is -2.16. The highest BCUT2D eigenvalue weighted by Gasteiger charge is 2.24. The highest BCUT2D eigenvalue weighted by atomic mass is 16.1. The number of anilines is 1. The van der Waals surface area contributed by atoms with Gasteiger partial charge in [-0.25, -0.2) is 4.98 Å². The maximum absolute atomic E-state index is 11.8. The highest BCUT2D eigenvalue weighted by Crippen LogP contribution is 2.30. The minimum atomic E-state index is 0.108. The molecule has 0 saturated carbocycles. The van der Waals surface area contributed by atoms with Crippen molar-refractivity contribution in [2.75, 3.05) is 5.73 Å². The van der Waals surface area contributed by atoms with E-state index in [0.717, 1.165) is 29.6 Å². The van der Waals surface area contributed by atoms with Gasteiger partial charge in [-0.05, 0) is 12.8 Å². The maximum Gasteiger partial charge on any atom is 0.166 e. The van der Waals surface area contributed by atoms with E-state index < -0.39 is 0 Å². The van der Waals surface area contributed by atoms with Crippen molar-refractivity contribution in [3.05, 3.63) is 17.5 Å². The zero-order valence-electron chi connectivity index (χ0n) is 9.03. The van der Waals surface area contributed by atoms with Crippen LogP contribution in [0.5, 0.6) is 0 Å². The first-order valence-corrected chi connectivity index (χ1v) is 5.31. The molecule has 0 spiro atoms. The summed E-state index contributed by atoms with van der Waals surface area (Å²) in [5, 5.41) is 4.89. The lowest BCUT2D eigenvalue weighted by molar-refractivity contribution is 0.0972. The Bertz CT molecular complexity index is 600. The van der Waals surface area contributed by atoms with Crippen LogP contribution < -0.4 is 5.73 Å². The third kappa shape index (κ3) is 1.08. The molecular weight excluding hydrogens is 204 g/mol. The number of hydrogen-bond acceptors (Lipinski definition) is 4. The van der Waals surface area contributed by atoms with Gasteiger partial charge in [0.25, 0.3) is 0 Å². The second-order valence-electron chi connectivity index (χ2n) is 4.13. The van der Waals surface area contributed by atoms with E-state index in [1.165, 1.54) is 0 Å². The third-order valence-corrected chi connectivity index (χ3v) is 3.09. The number of carbonyl (C=O) groups excluding carboxylic acids is 1. The quantitative estimate of drug-likeness (QED) is 0.714. The van der Waals surface area contributed by atoms with E-state index in [-0.39, 0.29) is 5.78 Å². The second kappa shape index (κ2) is 3.04. The van der Waals surface area contributed by atoms with E-state index in [1.807, 2.05) is 7.05 Å². The topological polar surface area (TPSA) is 73.8 Å². The van der Waals surface area contributed by atoms with E-state index in [0.29, 0.717) is 17.7 Å². The molecule has 0 fully saturated rings. The Labute approximate surface area is 92.3 Å². The number of pyridine rings is 1. The molecule has 2 N–H and O–H groups in total. The van der Waals surface area contributed by atoms with Crippen molar-refractivity contribution in [3.63, 3.8) is 0 Å². The Morgan fingerprint density at radius 3 is 3.06 bits per heavy atom. The Kier molecular flexibility index (Phi) is 1.77. The SMILES string of the molecule is Cn1ncc2c(N)c3c(nc21)CCCC3=O. The van der Waals surface area contributed by atoms with Gasteiger partial charge in [-0.1, -0.05) is 0 Å². The van der Waals surface area contributed by atoms with Crippen LogP contribution in [0.15, 0.2) is 6.20 Å². The average Bonchev–Trinajstić information content (AvgIpc) is 2.61. The van der Waals surface area contributed by atoms with Crippen molar-refractivity contribution < 1.29 is 4.79 Å². The maximum atomic E-state index is 11.8. The fraction of sp³-hybridized carbons (Fsp3) is 0.364. The molecule has 0 atom stereocenters. The van der Waals surface area contributed by atoms with E-state index in [2.05, 4.69) is 10.1 Å². The van der Waals surface area contributed by atoms with Crippen LogP contribution >= 0.6 is 0 Å². The molecule has 2 aromatic heterocycles. The smallest absolute Gasteiger partial charge is 0.166 e. The van der Waals surface area contributed by atoms with Crippen LogP contribution in [0.4, 0.5) is 5.69 Å². The van der Waals surface area contributed by atoms with E-state index >= 15 is 0 Å². The van der Waals surface area contributed by atoms with Crippen molar-refractivity contribution in [1.29, 1.82) is 0 Å². The molecule has 0 aromatic carbocycles. The molecule has 0 bridgehead atoms. The molecule has 0 saturated heterocycles. The molecule has 1 aliphatic rings.